The first-order valence-electron chi connectivity index (χ1n) is 10.6. The number of esters is 1. The van der Waals surface area contributed by atoms with Gasteiger partial charge in [-0.05, 0) is 54.5 Å². The van der Waals surface area contributed by atoms with Crippen molar-refractivity contribution < 1.29 is 23.5 Å². The topological polar surface area (TPSA) is 125 Å². The zero-order valence-electron chi connectivity index (χ0n) is 18.9. The van der Waals surface area contributed by atoms with Gasteiger partial charge in [-0.1, -0.05) is 36.4 Å². The molecule has 0 aliphatic carbocycles. The van der Waals surface area contributed by atoms with Crippen molar-refractivity contribution in [3.63, 3.8) is 0 Å². The van der Waals surface area contributed by atoms with Crippen LogP contribution in [-0.4, -0.2) is 18.5 Å². The molecule has 0 radical (unpaired) electrons. The van der Waals surface area contributed by atoms with Gasteiger partial charge in [-0.2, -0.15) is 10.5 Å². The lowest BCUT2D eigenvalue weighted by Gasteiger charge is -2.11. The molecule has 174 valence electrons. The number of furan rings is 1. The molecule has 35 heavy (non-hydrogen) atoms. The van der Waals surface area contributed by atoms with Crippen molar-refractivity contribution in [2.75, 3.05) is 6.61 Å². The van der Waals surface area contributed by atoms with E-state index < -0.39 is 11.9 Å². The molecule has 3 aromatic rings. The maximum Gasteiger partial charge on any atom is 0.354 e. The summed E-state index contributed by atoms with van der Waals surface area (Å²) in [7, 11) is 0. The number of hydrogen-bond donors (Lipinski definition) is 1. The second-order valence-electron chi connectivity index (χ2n) is 7.04. The highest BCUT2D eigenvalue weighted by atomic mass is 16.6. The highest BCUT2D eigenvalue weighted by molar-refractivity contribution is 6.02. The summed E-state index contributed by atoms with van der Waals surface area (Å²) in [5, 5.41) is 21.4. The van der Waals surface area contributed by atoms with Crippen LogP contribution in [0.5, 0.6) is 11.5 Å². The largest absolute Gasteiger partial charge is 0.490 e. The minimum atomic E-state index is -0.837. The monoisotopic (exact) mass is 467 g/mol. The maximum absolute atomic E-state index is 12.6. The molecule has 0 saturated carbocycles. The van der Waals surface area contributed by atoms with Gasteiger partial charge >= 0.3 is 5.97 Å². The van der Waals surface area contributed by atoms with Crippen LogP contribution in [0.1, 0.15) is 23.8 Å². The van der Waals surface area contributed by atoms with E-state index in [0.29, 0.717) is 16.9 Å². The molecule has 0 spiro atoms. The summed E-state index contributed by atoms with van der Waals surface area (Å²) in [6.45, 7) is 2.17. The third-order valence-corrected chi connectivity index (χ3v) is 4.60. The van der Waals surface area contributed by atoms with Crippen LogP contribution < -0.4 is 14.8 Å². The van der Waals surface area contributed by atoms with Crippen LogP contribution in [0.4, 0.5) is 0 Å². The minimum Gasteiger partial charge on any atom is -0.490 e. The second-order valence-corrected chi connectivity index (χ2v) is 7.04. The zero-order valence-corrected chi connectivity index (χ0v) is 18.9. The Morgan fingerprint density at radius 2 is 1.69 bits per heavy atom. The summed E-state index contributed by atoms with van der Waals surface area (Å²) in [5.74, 6) is -0.528. The van der Waals surface area contributed by atoms with Gasteiger partial charge in [-0.15, -0.1) is 0 Å². The van der Waals surface area contributed by atoms with Gasteiger partial charge in [0.1, 0.15) is 29.0 Å². The summed E-state index contributed by atoms with van der Waals surface area (Å²) in [4.78, 5) is 25.0. The van der Waals surface area contributed by atoms with Gasteiger partial charge in [-0.3, -0.25) is 4.79 Å². The first kappa shape index (κ1) is 24.6. The normalized spacial score (nSPS) is 11.2. The van der Waals surface area contributed by atoms with Crippen molar-refractivity contribution in [2.24, 2.45) is 0 Å². The number of rotatable bonds is 9. The van der Waals surface area contributed by atoms with Crippen LogP contribution in [0, 0.1) is 22.7 Å². The van der Waals surface area contributed by atoms with Crippen LogP contribution >= 0.6 is 0 Å². The number of hydrogen-bond acceptors (Lipinski definition) is 7. The van der Waals surface area contributed by atoms with E-state index in [-0.39, 0.29) is 35.8 Å². The first-order chi connectivity index (χ1) is 17.0. The van der Waals surface area contributed by atoms with Gasteiger partial charge in [-0.25, -0.2) is 4.79 Å². The molecule has 0 atom stereocenters. The van der Waals surface area contributed by atoms with Crippen molar-refractivity contribution in [1.82, 2.24) is 5.32 Å². The van der Waals surface area contributed by atoms with E-state index in [1.165, 1.54) is 30.5 Å². The van der Waals surface area contributed by atoms with Crippen molar-refractivity contribution in [3.05, 3.63) is 95.0 Å². The number of ether oxygens (including phenoxy) is 2. The smallest absolute Gasteiger partial charge is 0.354 e. The average Bonchev–Trinajstić information content (AvgIpc) is 3.40. The van der Waals surface area contributed by atoms with Crippen LogP contribution in [0.3, 0.4) is 0 Å². The number of benzene rings is 2. The van der Waals surface area contributed by atoms with Crippen molar-refractivity contribution >= 4 is 24.0 Å². The van der Waals surface area contributed by atoms with Crippen LogP contribution in [0.15, 0.2) is 82.5 Å². The fourth-order valence-corrected chi connectivity index (χ4v) is 2.97. The molecular formula is C27H21N3O5. The summed E-state index contributed by atoms with van der Waals surface area (Å²) < 4.78 is 16.1. The molecule has 0 fully saturated rings. The number of carbonyl (C=O) groups is 2. The Labute approximate surface area is 202 Å². The van der Waals surface area contributed by atoms with Crippen LogP contribution in [-0.2, 0) is 16.1 Å². The van der Waals surface area contributed by atoms with Gasteiger partial charge < -0.3 is 19.2 Å². The third kappa shape index (κ3) is 6.95. The molecule has 2 aromatic carbocycles. The van der Waals surface area contributed by atoms with E-state index in [9.17, 15) is 20.1 Å². The Bertz CT molecular complexity index is 1330. The number of carbonyl (C=O) groups excluding carboxylic acids is 2. The van der Waals surface area contributed by atoms with Crippen LogP contribution in [0.25, 0.3) is 12.2 Å². The fraction of sp³-hybridized carbons (Fsp3) is 0.111. The Hall–Kier alpha value is -5.08. The molecule has 0 bridgehead atoms. The quantitative estimate of drug-likeness (QED) is 0.214. The molecule has 0 unspecified atom stereocenters. The molecule has 8 nitrogen and oxygen atoms in total. The standard InChI is InChI=1S/C27H21N3O5/c1-2-33-25-15-20(14-21(16-28)26(31)30-18-23-9-6-12-34-23)10-11-24(25)35-27(32)22(17-29)13-19-7-4-3-5-8-19/h3-15H,2,18H2,1H3,(H,30,31)/b21-14+,22-13+. The molecule has 1 aromatic heterocycles. The van der Waals surface area contributed by atoms with E-state index in [4.69, 9.17) is 13.9 Å². The van der Waals surface area contributed by atoms with Gasteiger partial charge in [0.2, 0.25) is 0 Å². The third-order valence-electron chi connectivity index (χ3n) is 4.60. The number of nitrogens with one attached hydrogen (secondary N) is 1. The highest BCUT2D eigenvalue weighted by Crippen LogP contribution is 2.30. The summed E-state index contributed by atoms with van der Waals surface area (Å²) in [6.07, 6.45) is 4.31. The Balaban J connectivity index is 1.79. The molecule has 0 aliphatic heterocycles. The second kappa shape index (κ2) is 12.2. The number of amides is 1. The lowest BCUT2D eigenvalue weighted by atomic mass is 10.1. The van der Waals surface area contributed by atoms with Crippen molar-refractivity contribution in [1.29, 1.82) is 10.5 Å². The summed E-state index contributed by atoms with van der Waals surface area (Å²) in [5.41, 5.74) is 0.864. The van der Waals surface area contributed by atoms with E-state index in [1.807, 2.05) is 18.2 Å². The lowest BCUT2D eigenvalue weighted by molar-refractivity contribution is -0.129. The zero-order chi connectivity index (χ0) is 25.0. The number of nitriles is 2. The molecule has 1 amide bonds. The summed E-state index contributed by atoms with van der Waals surface area (Å²) in [6, 6.07) is 20.6. The van der Waals surface area contributed by atoms with Gasteiger partial charge in [0, 0.05) is 0 Å². The highest BCUT2D eigenvalue weighted by Gasteiger charge is 2.16. The number of nitrogens with zero attached hydrogens (tertiary/aromatic N) is 2. The van der Waals surface area contributed by atoms with Gasteiger partial charge in [0.25, 0.3) is 5.91 Å². The maximum atomic E-state index is 12.6. The van der Waals surface area contributed by atoms with Crippen molar-refractivity contribution in [2.45, 2.75) is 13.5 Å². The van der Waals surface area contributed by atoms with E-state index in [0.717, 1.165) is 0 Å². The molecule has 0 saturated heterocycles. The van der Waals surface area contributed by atoms with Crippen molar-refractivity contribution in [3.8, 4) is 23.6 Å². The van der Waals surface area contributed by atoms with Gasteiger partial charge in [0.05, 0.1) is 19.4 Å². The predicted molar refractivity (Wildman–Crippen MR) is 127 cm³/mol. The van der Waals surface area contributed by atoms with E-state index >= 15 is 0 Å². The summed E-state index contributed by atoms with van der Waals surface area (Å²) >= 11 is 0. The van der Waals surface area contributed by atoms with Crippen LogP contribution in [0.2, 0.25) is 0 Å². The molecule has 8 heteroatoms. The SMILES string of the molecule is CCOc1cc(/C=C(\C#N)C(=O)NCc2ccco2)ccc1OC(=O)/C(C#N)=C/c1ccccc1. The average molecular weight is 467 g/mol. The molecule has 1 N–H and O–H groups in total. The fourth-order valence-electron chi connectivity index (χ4n) is 2.97. The molecule has 3 rings (SSSR count). The molecule has 0 aliphatic rings. The van der Waals surface area contributed by atoms with E-state index in [1.54, 1.807) is 49.4 Å². The first-order valence-corrected chi connectivity index (χ1v) is 10.6. The molecule has 1 heterocycles. The van der Waals surface area contributed by atoms with E-state index in [2.05, 4.69) is 5.32 Å². The minimum absolute atomic E-state index is 0.101. The van der Waals surface area contributed by atoms with Gasteiger partial charge in [0.15, 0.2) is 11.5 Å². The molecular weight excluding hydrogens is 446 g/mol. The lowest BCUT2D eigenvalue weighted by Crippen LogP contribution is -2.23. The Kier molecular flexibility index (Phi) is 8.59. The Morgan fingerprint density at radius 1 is 0.943 bits per heavy atom. The Morgan fingerprint density at radius 3 is 2.34 bits per heavy atom. The predicted octanol–water partition coefficient (Wildman–Crippen LogP) is 4.41.